The third-order valence-electron chi connectivity index (χ3n) is 2.41. The Hall–Kier alpha value is -0.810. The highest BCUT2D eigenvalue weighted by molar-refractivity contribution is 9.12. The molecule has 0 aromatic heterocycles. The second-order valence-electron chi connectivity index (χ2n) is 3.16. The van der Waals surface area contributed by atoms with E-state index in [2.05, 4.69) is 15.9 Å². The standard InChI is InChI=1S/C10H13BrO4/c1-10(15-4)7(13-2)5-6(12)8(11)9(10)14-3/h5H,1-4H3/t10-/m0/s1. The molecule has 0 saturated heterocycles. The van der Waals surface area contributed by atoms with Crippen molar-refractivity contribution >= 4 is 21.7 Å². The number of hydrogen-bond acceptors (Lipinski definition) is 4. The zero-order valence-electron chi connectivity index (χ0n) is 9.09. The van der Waals surface area contributed by atoms with Gasteiger partial charge in [0.1, 0.15) is 10.2 Å². The minimum Gasteiger partial charge on any atom is -0.497 e. The van der Waals surface area contributed by atoms with Crippen LogP contribution < -0.4 is 0 Å². The summed E-state index contributed by atoms with van der Waals surface area (Å²) in [6.45, 7) is 1.77. The van der Waals surface area contributed by atoms with Gasteiger partial charge in [0.05, 0.1) is 14.2 Å². The van der Waals surface area contributed by atoms with Crippen LogP contribution in [0.3, 0.4) is 0 Å². The molecule has 0 aliphatic heterocycles. The number of rotatable bonds is 3. The Labute approximate surface area is 97.0 Å². The van der Waals surface area contributed by atoms with Crippen LogP contribution in [0.1, 0.15) is 6.92 Å². The fraction of sp³-hybridized carbons (Fsp3) is 0.500. The summed E-state index contributed by atoms with van der Waals surface area (Å²) in [6, 6.07) is 0. The molecule has 0 fully saturated rings. The van der Waals surface area contributed by atoms with E-state index in [0.29, 0.717) is 16.0 Å². The van der Waals surface area contributed by atoms with E-state index in [0.717, 1.165) is 0 Å². The van der Waals surface area contributed by atoms with Gasteiger partial charge in [-0.15, -0.1) is 0 Å². The van der Waals surface area contributed by atoms with Crippen LogP contribution in [-0.4, -0.2) is 32.7 Å². The van der Waals surface area contributed by atoms with Crippen LogP contribution in [0.15, 0.2) is 22.1 Å². The van der Waals surface area contributed by atoms with Crippen molar-refractivity contribution in [3.05, 3.63) is 22.1 Å². The smallest absolute Gasteiger partial charge is 0.199 e. The number of carbonyl (C=O) groups excluding carboxylic acids is 1. The Bertz CT molecular complexity index is 345. The van der Waals surface area contributed by atoms with Gasteiger partial charge in [0, 0.05) is 13.2 Å². The molecule has 1 aliphatic carbocycles. The van der Waals surface area contributed by atoms with Gasteiger partial charge in [0.2, 0.25) is 0 Å². The normalized spacial score (nSPS) is 26.5. The second-order valence-corrected chi connectivity index (χ2v) is 3.95. The van der Waals surface area contributed by atoms with Crippen LogP contribution in [0, 0.1) is 0 Å². The van der Waals surface area contributed by atoms with E-state index >= 15 is 0 Å². The molecule has 0 radical (unpaired) electrons. The summed E-state index contributed by atoms with van der Waals surface area (Å²) in [7, 11) is 4.50. The summed E-state index contributed by atoms with van der Waals surface area (Å²) in [5.41, 5.74) is -0.865. The van der Waals surface area contributed by atoms with Crippen molar-refractivity contribution in [3.8, 4) is 0 Å². The maximum atomic E-state index is 11.5. The summed E-state index contributed by atoms with van der Waals surface area (Å²) in [4.78, 5) is 11.5. The molecule has 1 aliphatic rings. The first kappa shape index (κ1) is 12.3. The first-order valence-corrected chi connectivity index (χ1v) is 5.10. The van der Waals surface area contributed by atoms with Crippen molar-refractivity contribution in [3.63, 3.8) is 0 Å². The molecule has 15 heavy (non-hydrogen) atoms. The average Bonchev–Trinajstić information content (AvgIpc) is 2.24. The number of allylic oxidation sites excluding steroid dienone is 2. The monoisotopic (exact) mass is 276 g/mol. The molecule has 1 rings (SSSR count). The van der Waals surface area contributed by atoms with Crippen LogP contribution in [-0.2, 0) is 19.0 Å². The highest BCUT2D eigenvalue weighted by Crippen LogP contribution is 2.38. The molecule has 0 aromatic rings. The first-order valence-electron chi connectivity index (χ1n) is 4.31. The molecule has 4 nitrogen and oxygen atoms in total. The number of carbonyl (C=O) groups is 1. The zero-order valence-corrected chi connectivity index (χ0v) is 10.7. The Morgan fingerprint density at radius 2 is 1.87 bits per heavy atom. The van der Waals surface area contributed by atoms with Gasteiger partial charge in [0.25, 0.3) is 0 Å². The van der Waals surface area contributed by atoms with Crippen molar-refractivity contribution < 1.29 is 19.0 Å². The van der Waals surface area contributed by atoms with Gasteiger partial charge >= 0.3 is 0 Å². The predicted octanol–water partition coefficient (Wildman–Crippen LogP) is 1.76. The molecule has 0 spiro atoms. The van der Waals surface area contributed by atoms with Crippen LogP contribution in [0.5, 0.6) is 0 Å². The van der Waals surface area contributed by atoms with E-state index in [9.17, 15) is 4.79 Å². The molecule has 0 amide bonds. The lowest BCUT2D eigenvalue weighted by molar-refractivity contribution is -0.112. The Balaban J connectivity index is 3.31. The molecule has 0 aromatic carbocycles. The van der Waals surface area contributed by atoms with E-state index in [-0.39, 0.29) is 5.78 Å². The SMILES string of the molecule is COC1=CC(=O)C(Br)=C(OC)[C@@]1(C)OC. The van der Waals surface area contributed by atoms with Crippen LogP contribution in [0.25, 0.3) is 0 Å². The number of hydrogen-bond donors (Lipinski definition) is 0. The molecule has 5 heteroatoms. The minimum absolute atomic E-state index is 0.196. The lowest BCUT2D eigenvalue weighted by Gasteiger charge is -2.33. The average molecular weight is 277 g/mol. The van der Waals surface area contributed by atoms with Gasteiger partial charge in [-0.25, -0.2) is 0 Å². The molecule has 84 valence electrons. The van der Waals surface area contributed by atoms with E-state index in [1.807, 2.05) is 0 Å². The van der Waals surface area contributed by atoms with Gasteiger partial charge in [-0.2, -0.15) is 0 Å². The number of ketones is 1. The van der Waals surface area contributed by atoms with Crippen molar-refractivity contribution in [2.75, 3.05) is 21.3 Å². The quantitative estimate of drug-likeness (QED) is 0.788. The molecule has 1 atom stereocenters. The van der Waals surface area contributed by atoms with E-state index < -0.39 is 5.60 Å². The third-order valence-corrected chi connectivity index (χ3v) is 3.16. The zero-order chi connectivity index (χ0) is 11.6. The summed E-state index contributed by atoms with van der Waals surface area (Å²) >= 11 is 3.18. The Morgan fingerprint density at radius 3 is 2.27 bits per heavy atom. The first-order chi connectivity index (χ1) is 7.01. The molecule has 0 heterocycles. The molecule has 0 unspecified atom stereocenters. The van der Waals surface area contributed by atoms with E-state index in [1.54, 1.807) is 6.92 Å². The van der Waals surface area contributed by atoms with Gasteiger partial charge in [-0.05, 0) is 22.9 Å². The molecule has 0 bridgehead atoms. The van der Waals surface area contributed by atoms with Crippen LogP contribution in [0.2, 0.25) is 0 Å². The molecular formula is C10H13BrO4. The van der Waals surface area contributed by atoms with Crippen molar-refractivity contribution in [2.45, 2.75) is 12.5 Å². The Morgan fingerprint density at radius 1 is 1.27 bits per heavy atom. The summed E-state index contributed by atoms with van der Waals surface area (Å²) in [5, 5.41) is 0. The predicted molar refractivity (Wildman–Crippen MR) is 58.5 cm³/mol. The van der Waals surface area contributed by atoms with E-state index in [1.165, 1.54) is 27.4 Å². The lowest BCUT2D eigenvalue weighted by Crippen LogP contribution is -2.38. The fourth-order valence-electron chi connectivity index (χ4n) is 1.48. The molecule has 0 saturated carbocycles. The Kier molecular flexibility index (Phi) is 3.57. The van der Waals surface area contributed by atoms with Gasteiger partial charge in [-0.3, -0.25) is 4.79 Å². The topological polar surface area (TPSA) is 44.8 Å². The third kappa shape index (κ3) is 1.81. The van der Waals surface area contributed by atoms with Crippen molar-refractivity contribution in [2.24, 2.45) is 0 Å². The van der Waals surface area contributed by atoms with Crippen LogP contribution in [0.4, 0.5) is 0 Å². The fourth-order valence-corrected chi connectivity index (χ4v) is 2.14. The second kappa shape index (κ2) is 4.37. The highest BCUT2D eigenvalue weighted by atomic mass is 79.9. The molecular weight excluding hydrogens is 264 g/mol. The lowest BCUT2D eigenvalue weighted by atomic mass is 9.94. The van der Waals surface area contributed by atoms with Crippen LogP contribution >= 0.6 is 15.9 Å². The maximum absolute atomic E-state index is 11.5. The van der Waals surface area contributed by atoms with Gasteiger partial charge in [-0.1, -0.05) is 0 Å². The van der Waals surface area contributed by atoms with Crippen molar-refractivity contribution in [1.82, 2.24) is 0 Å². The van der Waals surface area contributed by atoms with Gasteiger partial charge < -0.3 is 14.2 Å². The summed E-state index contributed by atoms with van der Waals surface area (Å²) in [5.74, 6) is 0.641. The summed E-state index contributed by atoms with van der Waals surface area (Å²) < 4.78 is 16.0. The number of methoxy groups -OCH3 is 3. The van der Waals surface area contributed by atoms with Gasteiger partial charge in [0.15, 0.2) is 17.1 Å². The minimum atomic E-state index is -0.865. The number of ether oxygens (including phenoxy) is 3. The van der Waals surface area contributed by atoms with E-state index in [4.69, 9.17) is 14.2 Å². The summed E-state index contributed by atoms with van der Waals surface area (Å²) in [6.07, 6.45) is 1.39. The largest absolute Gasteiger partial charge is 0.497 e. The number of halogens is 1. The highest BCUT2D eigenvalue weighted by Gasteiger charge is 2.42. The molecule has 0 N–H and O–H groups in total. The maximum Gasteiger partial charge on any atom is 0.199 e. The van der Waals surface area contributed by atoms with Crippen molar-refractivity contribution in [1.29, 1.82) is 0 Å².